The van der Waals surface area contributed by atoms with E-state index in [4.69, 9.17) is 10.4 Å². The van der Waals surface area contributed by atoms with Crippen LogP contribution in [0.5, 0.6) is 0 Å². The fourth-order valence-electron chi connectivity index (χ4n) is 3.50. The summed E-state index contributed by atoms with van der Waals surface area (Å²) in [7, 11) is 0. The number of carbonyl (C=O) groups is 1. The second-order valence-corrected chi connectivity index (χ2v) is 5.99. The van der Waals surface area contributed by atoms with Crippen molar-refractivity contribution in [1.29, 1.82) is 5.26 Å². The third kappa shape index (κ3) is 2.20. The Labute approximate surface area is 134 Å². The van der Waals surface area contributed by atoms with E-state index in [1.165, 1.54) is 5.56 Å². The standard InChI is InChI=1S/C17H17N5O/c18-6-1-2-8-21-9-10-22-16(17(21)23)14-4-3-12-11-19-7-5-13(12)15(14)20-22/h5,7,11H,1-4,8-10H2. The lowest BCUT2D eigenvalue weighted by Crippen LogP contribution is -2.41. The number of hydrogen-bond donors (Lipinski definition) is 0. The molecule has 0 bridgehead atoms. The molecule has 0 saturated carbocycles. The van der Waals surface area contributed by atoms with Gasteiger partial charge in [-0.2, -0.15) is 10.4 Å². The number of aryl methyl sites for hydroxylation is 1. The minimum absolute atomic E-state index is 0.0560. The molecular weight excluding hydrogens is 290 g/mol. The molecule has 4 rings (SSSR count). The van der Waals surface area contributed by atoms with Gasteiger partial charge in [-0.15, -0.1) is 0 Å². The first kappa shape index (κ1) is 13.9. The minimum atomic E-state index is 0.0560. The van der Waals surface area contributed by atoms with Gasteiger partial charge in [0.05, 0.1) is 18.3 Å². The molecule has 1 amide bonds. The zero-order chi connectivity index (χ0) is 15.8. The largest absolute Gasteiger partial charge is 0.335 e. The Bertz CT molecular complexity index is 817. The van der Waals surface area contributed by atoms with Crippen molar-refractivity contribution >= 4 is 5.91 Å². The van der Waals surface area contributed by atoms with Crippen molar-refractivity contribution in [3.8, 4) is 17.3 Å². The summed E-state index contributed by atoms with van der Waals surface area (Å²) in [6.07, 6.45) is 6.63. The van der Waals surface area contributed by atoms with Gasteiger partial charge in [0.15, 0.2) is 0 Å². The fourth-order valence-corrected chi connectivity index (χ4v) is 3.50. The summed E-state index contributed by atoms with van der Waals surface area (Å²) in [5, 5.41) is 13.4. The van der Waals surface area contributed by atoms with Gasteiger partial charge in [-0.05, 0) is 30.9 Å². The number of nitrogens with zero attached hydrogens (tertiary/aromatic N) is 5. The van der Waals surface area contributed by atoms with Crippen molar-refractivity contribution in [1.82, 2.24) is 19.7 Å². The molecule has 0 unspecified atom stereocenters. The molecule has 0 aromatic carbocycles. The van der Waals surface area contributed by atoms with Crippen LogP contribution >= 0.6 is 0 Å². The zero-order valence-corrected chi connectivity index (χ0v) is 12.8. The van der Waals surface area contributed by atoms with Crippen LogP contribution in [0.15, 0.2) is 18.5 Å². The number of nitriles is 1. The predicted octanol–water partition coefficient (Wildman–Crippen LogP) is 1.80. The molecule has 6 nitrogen and oxygen atoms in total. The molecule has 0 saturated heterocycles. The van der Waals surface area contributed by atoms with E-state index in [1.807, 2.05) is 21.8 Å². The molecule has 23 heavy (non-hydrogen) atoms. The van der Waals surface area contributed by atoms with E-state index in [9.17, 15) is 4.79 Å². The number of fused-ring (bicyclic) bond motifs is 5. The number of carbonyl (C=O) groups excluding carboxylic acids is 1. The van der Waals surface area contributed by atoms with Crippen LogP contribution in [-0.4, -0.2) is 38.7 Å². The summed E-state index contributed by atoms with van der Waals surface area (Å²) in [6, 6.07) is 4.12. The molecule has 1 aliphatic carbocycles. The fraction of sp³-hybridized carbons (Fsp3) is 0.412. The predicted molar refractivity (Wildman–Crippen MR) is 83.6 cm³/mol. The lowest BCUT2D eigenvalue weighted by Gasteiger charge is -2.28. The molecule has 116 valence electrons. The maximum absolute atomic E-state index is 12.8. The lowest BCUT2D eigenvalue weighted by atomic mass is 9.90. The van der Waals surface area contributed by atoms with Gasteiger partial charge in [0, 0.05) is 43.0 Å². The van der Waals surface area contributed by atoms with Gasteiger partial charge in [0.1, 0.15) is 5.69 Å². The molecule has 0 N–H and O–H groups in total. The van der Waals surface area contributed by atoms with Crippen molar-refractivity contribution < 1.29 is 4.79 Å². The third-order valence-corrected chi connectivity index (χ3v) is 4.64. The average Bonchev–Trinajstić information content (AvgIpc) is 2.97. The molecule has 0 atom stereocenters. The Morgan fingerprint density at radius 3 is 3.09 bits per heavy atom. The third-order valence-electron chi connectivity index (χ3n) is 4.64. The molecule has 2 aromatic heterocycles. The molecule has 2 aliphatic rings. The van der Waals surface area contributed by atoms with Crippen LogP contribution < -0.4 is 0 Å². The maximum Gasteiger partial charge on any atom is 0.272 e. The highest BCUT2D eigenvalue weighted by Gasteiger charge is 2.33. The van der Waals surface area contributed by atoms with E-state index in [2.05, 4.69) is 11.1 Å². The van der Waals surface area contributed by atoms with Crippen LogP contribution in [-0.2, 0) is 19.4 Å². The molecule has 6 heteroatoms. The molecule has 0 radical (unpaired) electrons. The average molecular weight is 307 g/mol. The number of hydrogen-bond acceptors (Lipinski definition) is 4. The SMILES string of the molecule is N#CCCCN1CCn2nc3c(c2C1=O)CCc1cnccc1-3. The Kier molecular flexibility index (Phi) is 3.34. The quantitative estimate of drug-likeness (QED) is 0.810. The van der Waals surface area contributed by atoms with Crippen LogP contribution in [0.4, 0.5) is 0 Å². The first-order valence-corrected chi connectivity index (χ1v) is 7.98. The van der Waals surface area contributed by atoms with Crippen LogP contribution in [0, 0.1) is 11.3 Å². The van der Waals surface area contributed by atoms with E-state index in [-0.39, 0.29) is 5.91 Å². The number of amides is 1. The van der Waals surface area contributed by atoms with Crippen LogP contribution in [0.3, 0.4) is 0 Å². The van der Waals surface area contributed by atoms with E-state index >= 15 is 0 Å². The summed E-state index contributed by atoms with van der Waals surface area (Å²) >= 11 is 0. The second kappa shape index (κ2) is 5.51. The van der Waals surface area contributed by atoms with Crippen molar-refractivity contribution in [2.24, 2.45) is 0 Å². The lowest BCUT2D eigenvalue weighted by molar-refractivity contribution is 0.0695. The topological polar surface area (TPSA) is 74.8 Å². The van der Waals surface area contributed by atoms with Crippen molar-refractivity contribution in [2.75, 3.05) is 13.1 Å². The maximum atomic E-state index is 12.8. The molecule has 0 spiro atoms. The number of unbranched alkanes of at least 4 members (excludes halogenated alkanes) is 1. The van der Waals surface area contributed by atoms with Crippen molar-refractivity contribution in [2.45, 2.75) is 32.2 Å². The zero-order valence-electron chi connectivity index (χ0n) is 12.8. The minimum Gasteiger partial charge on any atom is -0.335 e. The summed E-state index contributed by atoms with van der Waals surface area (Å²) in [5.41, 5.74) is 5.06. The monoisotopic (exact) mass is 307 g/mol. The Morgan fingerprint density at radius 2 is 2.22 bits per heavy atom. The van der Waals surface area contributed by atoms with E-state index in [0.29, 0.717) is 19.5 Å². The van der Waals surface area contributed by atoms with Gasteiger partial charge in [-0.25, -0.2) is 0 Å². The van der Waals surface area contributed by atoms with Gasteiger partial charge >= 0.3 is 0 Å². The normalized spacial score (nSPS) is 15.6. The van der Waals surface area contributed by atoms with Crippen LogP contribution in [0.25, 0.3) is 11.3 Å². The summed E-state index contributed by atoms with van der Waals surface area (Å²) in [4.78, 5) is 18.9. The first-order valence-electron chi connectivity index (χ1n) is 7.98. The summed E-state index contributed by atoms with van der Waals surface area (Å²) in [5.74, 6) is 0.0560. The van der Waals surface area contributed by atoms with E-state index in [0.717, 1.165) is 48.3 Å². The van der Waals surface area contributed by atoms with Gasteiger partial charge in [0.25, 0.3) is 5.91 Å². The first-order chi connectivity index (χ1) is 11.3. The van der Waals surface area contributed by atoms with Crippen molar-refractivity contribution in [3.63, 3.8) is 0 Å². The number of aromatic nitrogens is 3. The highest BCUT2D eigenvalue weighted by molar-refractivity contribution is 5.97. The summed E-state index contributed by atoms with van der Waals surface area (Å²) < 4.78 is 1.86. The summed E-state index contributed by atoms with van der Waals surface area (Å²) in [6.45, 7) is 2.04. The Balaban J connectivity index is 1.70. The van der Waals surface area contributed by atoms with Crippen LogP contribution in [0.1, 0.15) is 34.5 Å². The van der Waals surface area contributed by atoms with Gasteiger partial charge in [-0.3, -0.25) is 14.5 Å². The number of rotatable bonds is 3. The molecule has 2 aromatic rings. The highest BCUT2D eigenvalue weighted by atomic mass is 16.2. The van der Waals surface area contributed by atoms with Gasteiger partial charge in [-0.1, -0.05) is 0 Å². The highest BCUT2D eigenvalue weighted by Crippen LogP contribution is 2.35. The smallest absolute Gasteiger partial charge is 0.272 e. The van der Waals surface area contributed by atoms with Crippen LogP contribution in [0.2, 0.25) is 0 Å². The van der Waals surface area contributed by atoms with Crippen molar-refractivity contribution in [3.05, 3.63) is 35.3 Å². The van der Waals surface area contributed by atoms with Gasteiger partial charge in [0.2, 0.25) is 0 Å². The van der Waals surface area contributed by atoms with E-state index < -0.39 is 0 Å². The molecule has 1 aliphatic heterocycles. The molecular formula is C17H17N5O. The van der Waals surface area contributed by atoms with Gasteiger partial charge < -0.3 is 4.90 Å². The molecule has 3 heterocycles. The Hall–Kier alpha value is -2.68. The second-order valence-electron chi connectivity index (χ2n) is 5.99. The number of pyridine rings is 1. The van der Waals surface area contributed by atoms with E-state index in [1.54, 1.807) is 6.20 Å². The molecule has 0 fully saturated rings. The Morgan fingerprint density at radius 1 is 1.30 bits per heavy atom.